The minimum Gasteiger partial charge on any atom is -0.497 e. The second-order valence-electron chi connectivity index (χ2n) is 13.7. The zero-order valence-electron chi connectivity index (χ0n) is 32.5. The Hall–Kier alpha value is -5.00. The van der Waals surface area contributed by atoms with E-state index in [1.54, 1.807) is 26.5 Å². The van der Waals surface area contributed by atoms with E-state index in [0.717, 1.165) is 16.7 Å². The monoisotopic (exact) mass is 781 g/mol. The number of benzene rings is 3. The van der Waals surface area contributed by atoms with Crippen molar-refractivity contribution in [2.75, 3.05) is 27.4 Å². The van der Waals surface area contributed by atoms with Crippen LogP contribution < -0.4 is 15.2 Å². The van der Waals surface area contributed by atoms with Gasteiger partial charge >= 0.3 is 5.69 Å². The number of aromatic nitrogens is 5. The van der Waals surface area contributed by atoms with Crippen LogP contribution in [0.1, 0.15) is 63.5 Å². The molecule has 0 N–H and O–H groups in total. The number of nitriles is 1. The van der Waals surface area contributed by atoms with E-state index in [1.165, 1.54) is 21.9 Å². The van der Waals surface area contributed by atoms with E-state index < -0.39 is 38.3 Å². The number of ether oxygens (including phenoxy) is 4. The Morgan fingerprint density at radius 1 is 0.929 bits per heavy atom. The van der Waals surface area contributed by atoms with Crippen molar-refractivity contribution >= 4 is 8.53 Å². The van der Waals surface area contributed by atoms with Crippen molar-refractivity contribution < 1.29 is 28.0 Å². The normalized spacial score (nSPS) is 17.7. The van der Waals surface area contributed by atoms with E-state index in [1.807, 2.05) is 78.9 Å². The zero-order chi connectivity index (χ0) is 39.7. The second-order valence-corrected chi connectivity index (χ2v) is 15.1. The van der Waals surface area contributed by atoms with E-state index in [2.05, 4.69) is 53.5 Å². The summed E-state index contributed by atoms with van der Waals surface area (Å²) in [5.74, 6) is 1.75. The molecule has 15 heteroatoms. The summed E-state index contributed by atoms with van der Waals surface area (Å²) in [5.41, 5.74) is 0.966. The predicted octanol–water partition coefficient (Wildman–Crippen LogP) is 6.80. The maximum Gasteiger partial charge on any atom is 0.351 e. The molecular weight excluding hydrogens is 733 g/mol. The van der Waals surface area contributed by atoms with Crippen molar-refractivity contribution in [1.82, 2.24) is 29.0 Å². The number of methoxy groups -OCH3 is 2. The molecule has 3 heterocycles. The van der Waals surface area contributed by atoms with Gasteiger partial charge in [0.1, 0.15) is 42.1 Å². The molecule has 1 aliphatic rings. The third-order valence-corrected chi connectivity index (χ3v) is 11.6. The highest BCUT2D eigenvalue weighted by atomic mass is 31.2. The fourth-order valence-electron chi connectivity index (χ4n) is 6.90. The van der Waals surface area contributed by atoms with Gasteiger partial charge in [0.15, 0.2) is 5.82 Å². The number of rotatable bonds is 18. The molecule has 0 spiro atoms. The molecule has 1 unspecified atom stereocenters. The molecule has 4 atom stereocenters. The molecule has 14 nitrogen and oxygen atoms in total. The summed E-state index contributed by atoms with van der Waals surface area (Å²) in [6.45, 7) is 8.59. The molecule has 1 aliphatic heterocycles. The molecule has 0 bridgehead atoms. The van der Waals surface area contributed by atoms with Gasteiger partial charge in [-0.2, -0.15) is 15.3 Å². The molecule has 5 aromatic rings. The highest BCUT2D eigenvalue weighted by Gasteiger charge is 2.45. The minimum absolute atomic E-state index is 0.0536. The maximum absolute atomic E-state index is 13.6. The summed E-state index contributed by atoms with van der Waals surface area (Å²) in [5, 5.41) is 13.4. The summed E-state index contributed by atoms with van der Waals surface area (Å²) in [6, 6.07) is 29.6. The van der Waals surface area contributed by atoms with Crippen molar-refractivity contribution in [3.63, 3.8) is 0 Å². The molecule has 56 heavy (non-hydrogen) atoms. The van der Waals surface area contributed by atoms with E-state index in [-0.39, 0.29) is 31.7 Å². The van der Waals surface area contributed by atoms with Crippen LogP contribution in [-0.2, 0) is 24.1 Å². The first kappa shape index (κ1) is 40.7. The SMILES string of the molecule is COc1ccc(C(OC[C@H]2O[C@@H](n3ccc(-n4cncn4)nc3=O)C[C@@H]2OP(OCCC#N)N(C(C)C)C(C)C)(c2ccccc2)c2ccc(OC)cc2)cc1. The Bertz CT molecular complexity index is 2020. The molecule has 6 rings (SSSR count). The Morgan fingerprint density at radius 3 is 2.09 bits per heavy atom. The van der Waals surface area contributed by atoms with E-state index in [4.69, 9.17) is 28.0 Å². The van der Waals surface area contributed by atoms with Gasteiger partial charge in [-0.1, -0.05) is 54.6 Å². The molecular formula is C41H48N7O7P. The van der Waals surface area contributed by atoms with Crippen LogP contribution in [0.3, 0.4) is 0 Å². The average molecular weight is 782 g/mol. The highest BCUT2D eigenvalue weighted by molar-refractivity contribution is 7.44. The van der Waals surface area contributed by atoms with E-state index in [0.29, 0.717) is 23.7 Å². The summed E-state index contributed by atoms with van der Waals surface area (Å²) in [7, 11) is 1.61. The summed E-state index contributed by atoms with van der Waals surface area (Å²) in [4.78, 5) is 21.8. The predicted molar refractivity (Wildman–Crippen MR) is 210 cm³/mol. The first-order chi connectivity index (χ1) is 27.2. The minimum atomic E-state index is -1.66. The Labute approximate surface area is 328 Å². The van der Waals surface area contributed by atoms with Gasteiger partial charge in [-0.05, 0) is 74.7 Å². The van der Waals surface area contributed by atoms with Gasteiger partial charge in [0, 0.05) is 24.7 Å². The van der Waals surface area contributed by atoms with Crippen LogP contribution in [0, 0.1) is 11.3 Å². The van der Waals surface area contributed by atoms with Gasteiger partial charge in [0.05, 0.1) is 46.0 Å². The summed E-state index contributed by atoms with van der Waals surface area (Å²) in [6.07, 6.45) is 3.00. The topological polar surface area (TPSA) is 148 Å². The van der Waals surface area contributed by atoms with Crippen molar-refractivity contribution in [3.8, 4) is 23.4 Å². The van der Waals surface area contributed by atoms with E-state index >= 15 is 0 Å². The van der Waals surface area contributed by atoms with Gasteiger partial charge < -0.3 is 28.0 Å². The van der Waals surface area contributed by atoms with E-state index in [9.17, 15) is 10.1 Å². The molecule has 0 aliphatic carbocycles. The van der Waals surface area contributed by atoms with Crippen LogP contribution in [0.25, 0.3) is 5.82 Å². The quantitative estimate of drug-likeness (QED) is 0.0523. The first-order valence-electron chi connectivity index (χ1n) is 18.5. The molecule has 294 valence electrons. The Kier molecular flexibility index (Phi) is 13.6. The lowest BCUT2D eigenvalue weighted by atomic mass is 9.80. The Morgan fingerprint density at radius 2 is 1.55 bits per heavy atom. The van der Waals surface area contributed by atoms with Crippen LogP contribution in [-0.4, -0.2) is 80.7 Å². The maximum atomic E-state index is 13.6. The third-order valence-electron chi connectivity index (χ3n) is 9.48. The zero-order valence-corrected chi connectivity index (χ0v) is 33.4. The lowest BCUT2D eigenvalue weighted by Crippen LogP contribution is -2.39. The van der Waals surface area contributed by atoms with Gasteiger partial charge in [0.25, 0.3) is 8.53 Å². The van der Waals surface area contributed by atoms with Crippen LogP contribution in [0.5, 0.6) is 11.5 Å². The van der Waals surface area contributed by atoms with Gasteiger partial charge in [-0.3, -0.25) is 4.57 Å². The number of nitrogens with zero attached hydrogens (tertiary/aromatic N) is 7. The van der Waals surface area contributed by atoms with Crippen molar-refractivity contribution in [2.45, 2.75) is 76.7 Å². The lowest BCUT2D eigenvalue weighted by Gasteiger charge is -2.39. The molecule has 1 saturated heterocycles. The second kappa shape index (κ2) is 18.8. The van der Waals surface area contributed by atoms with Crippen molar-refractivity contribution in [1.29, 1.82) is 5.26 Å². The van der Waals surface area contributed by atoms with Crippen molar-refractivity contribution in [2.24, 2.45) is 0 Å². The molecule has 2 aromatic heterocycles. The smallest absolute Gasteiger partial charge is 0.351 e. The third kappa shape index (κ3) is 9.00. The lowest BCUT2D eigenvalue weighted by molar-refractivity contribution is -0.0925. The van der Waals surface area contributed by atoms with Crippen LogP contribution in [0.2, 0.25) is 0 Å². The fraction of sp³-hybridized carbons (Fsp3) is 0.390. The van der Waals surface area contributed by atoms with Crippen LogP contribution >= 0.6 is 8.53 Å². The van der Waals surface area contributed by atoms with Gasteiger partial charge in [-0.25, -0.2) is 19.1 Å². The van der Waals surface area contributed by atoms with Gasteiger partial charge in [0.2, 0.25) is 0 Å². The molecule has 0 amide bonds. The molecule has 0 saturated carbocycles. The van der Waals surface area contributed by atoms with Crippen LogP contribution in [0.4, 0.5) is 0 Å². The molecule has 0 radical (unpaired) electrons. The largest absolute Gasteiger partial charge is 0.497 e. The molecule has 1 fully saturated rings. The summed E-state index contributed by atoms with van der Waals surface area (Å²) >= 11 is 0. The standard InChI is InChI=1S/C41H48N7O7P/c1-29(2)48(30(3)4)56(53-24-10-22-42)55-36-25-39(46-23-21-38(45-40(46)49)47-28-43-27-44-47)54-37(36)26-52-41(31-11-8-7-9-12-31,32-13-17-34(50-5)18-14-32)33-15-19-35(51-6)20-16-33/h7-9,11-21,23,27-30,36-37,39H,10,24-26H2,1-6H3/t36-,37+,39+,56?/m0/s1. The average Bonchev–Trinajstić information content (AvgIpc) is 3.90. The summed E-state index contributed by atoms with van der Waals surface area (Å²) < 4.78 is 43.4. The highest BCUT2D eigenvalue weighted by Crippen LogP contribution is 2.50. The molecule has 3 aromatic carbocycles. The number of hydrogen-bond donors (Lipinski definition) is 0. The van der Waals surface area contributed by atoms with Gasteiger partial charge in [-0.15, -0.1) is 0 Å². The Balaban J connectivity index is 1.41. The van der Waals surface area contributed by atoms with Crippen molar-refractivity contribution in [3.05, 3.63) is 131 Å². The fourth-order valence-corrected chi connectivity index (χ4v) is 8.66. The first-order valence-corrected chi connectivity index (χ1v) is 19.6. The number of hydrogen-bond acceptors (Lipinski definition) is 12. The van der Waals surface area contributed by atoms with Crippen LogP contribution in [0.15, 0.2) is 109 Å².